The van der Waals surface area contributed by atoms with E-state index in [0.29, 0.717) is 12.7 Å². The van der Waals surface area contributed by atoms with Gasteiger partial charge in [0.15, 0.2) is 0 Å². The molecule has 0 aliphatic heterocycles. The summed E-state index contributed by atoms with van der Waals surface area (Å²) >= 11 is 0. The van der Waals surface area contributed by atoms with Gasteiger partial charge >= 0.3 is 5.97 Å². The van der Waals surface area contributed by atoms with Crippen LogP contribution in [-0.4, -0.2) is 42.3 Å². The second-order valence-electron chi connectivity index (χ2n) is 2.70. The first-order chi connectivity index (χ1) is 7.11. The van der Waals surface area contributed by atoms with E-state index in [-0.39, 0.29) is 19.4 Å². The number of carboxylic acids is 1. The summed E-state index contributed by atoms with van der Waals surface area (Å²) in [5, 5.41) is 12.9. The predicted molar refractivity (Wildman–Crippen MR) is 48.9 cm³/mol. The van der Waals surface area contributed by atoms with Crippen LogP contribution in [0.25, 0.3) is 0 Å². The number of hydrogen-bond donors (Lipinski definition) is 3. The minimum Gasteiger partial charge on any atom is -0.480 e. The maximum atomic E-state index is 11.0. The van der Waals surface area contributed by atoms with Gasteiger partial charge in [0.1, 0.15) is 12.3 Å². The van der Waals surface area contributed by atoms with Crippen LogP contribution >= 0.6 is 0 Å². The number of hydrogen-bond acceptors (Lipinski definition) is 4. The van der Waals surface area contributed by atoms with Crippen LogP contribution < -0.4 is 10.6 Å². The molecular formula is C8H12N2O5. The number of carbonyl (C=O) groups excluding carboxylic acids is 3. The Labute approximate surface area is 85.8 Å². The number of aldehydes is 1. The molecule has 84 valence electrons. The molecule has 15 heavy (non-hydrogen) atoms. The molecule has 1 unspecified atom stereocenters. The van der Waals surface area contributed by atoms with Gasteiger partial charge in [0.05, 0.1) is 6.54 Å². The number of carboxylic acid groups (broad SMARTS) is 1. The molecule has 0 spiro atoms. The molecule has 0 bridgehead atoms. The average molecular weight is 216 g/mol. The molecule has 0 rings (SSSR count). The second kappa shape index (κ2) is 7.48. The van der Waals surface area contributed by atoms with Gasteiger partial charge in [-0.15, -0.1) is 0 Å². The molecule has 0 aromatic heterocycles. The summed E-state index contributed by atoms with van der Waals surface area (Å²) in [6.07, 6.45) is 0.997. The van der Waals surface area contributed by atoms with Crippen LogP contribution in [0.5, 0.6) is 0 Å². The molecule has 0 aromatic rings. The van der Waals surface area contributed by atoms with Crippen LogP contribution in [0.1, 0.15) is 12.8 Å². The lowest BCUT2D eigenvalue weighted by Gasteiger charge is -2.12. The summed E-state index contributed by atoms with van der Waals surface area (Å²) in [6.45, 7) is -0.283. The first-order valence-corrected chi connectivity index (χ1v) is 4.24. The molecule has 0 radical (unpaired) electrons. The van der Waals surface area contributed by atoms with Crippen molar-refractivity contribution in [3.8, 4) is 0 Å². The van der Waals surface area contributed by atoms with E-state index in [1.165, 1.54) is 0 Å². The van der Waals surface area contributed by atoms with Crippen molar-refractivity contribution in [3.63, 3.8) is 0 Å². The molecular weight excluding hydrogens is 204 g/mol. The first kappa shape index (κ1) is 13.1. The zero-order valence-electron chi connectivity index (χ0n) is 7.93. The van der Waals surface area contributed by atoms with Crippen LogP contribution in [0, 0.1) is 0 Å². The molecule has 7 heteroatoms. The third kappa shape index (κ3) is 6.19. The normalized spacial score (nSPS) is 11.2. The lowest BCUT2D eigenvalue weighted by atomic mass is 10.1. The van der Waals surface area contributed by atoms with Crippen molar-refractivity contribution in [1.29, 1.82) is 0 Å². The molecule has 2 amide bonds. The summed E-state index contributed by atoms with van der Waals surface area (Å²) in [6, 6.07) is -1.10. The summed E-state index contributed by atoms with van der Waals surface area (Å²) in [7, 11) is 0. The molecule has 7 nitrogen and oxygen atoms in total. The number of amides is 2. The highest BCUT2D eigenvalue weighted by Crippen LogP contribution is 1.95. The SMILES string of the molecule is O=CCCC(NC(=O)CNC=O)C(=O)O. The highest BCUT2D eigenvalue weighted by Gasteiger charge is 2.18. The van der Waals surface area contributed by atoms with E-state index in [0.717, 1.165) is 0 Å². The van der Waals surface area contributed by atoms with Gasteiger partial charge in [0, 0.05) is 6.42 Å². The fourth-order valence-electron chi connectivity index (χ4n) is 0.872. The summed E-state index contributed by atoms with van der Waals surface area (Å²) in [5.41, 5.74) is 0. The number of rotatable bonds is 8. The van der Waals surface area contributed by atoms with Gasteiger partial charge in [-0.05, 0) is 6.42 Å². The third-order valence-corrected chi connectivity index (χ3v) is 1.55. The summed E-state index contributed by atoms with van der Waals surface area (Å²) in [5.74, 6) is -1.82. The zero-order valence-corrected chi connectivity index (χ0v) is 7.93. The maximum Gasteiger partial charge on any atom is 0.326 e. The molecule has 0 aliphatic carbocycles. The fourth-order valence-corrected chi connectivity index (χ4v) is 0.872. The van der Waals surface area contributed by atoms with Crippen molar-refractivity contribution in [2.24, 2.45) is 0 Å². The van der Waals surface area contributed by atoms with Crippen molar-refractivity contribution in [3.05, 3.63) is 0 Å². The van der Waals surface area contributed by atoms with Gasteiger partial charge in [-0.2, -0.15) is 0 Å². The lowest BCUT2D eigenvalue weighted by Crippen LogP contribution is -2.44. The van der Waals surface area contributed by atoms with Gasteiger partial charge in [0.25, 0.3) is 0 Å². The Kier molecular flexibility index (Phi) is 6.52. The van der Waals surface area contributed by atoms with Crippen LogP contribution in [0.3, 0.4) is 0 Å². The molecule has 0 saturated carbocycles. The van der Waals surface area contributed by atoms with E-state index in [1.807, 2.05) is 0 Å². The van der Waals surface area contributed by atoms with Crippen LogP contribution in [0.4, 0.5) is 0 Å². The molecule has 0 fully saturated rings. The van der Waals surface area contributed by atoms with Crippen molar-refractivity contribution in [1.82, 2.24) is 10.6 Å². The second-order valence-corrected chi connectivity index (χ2v) is 2.70. The minimum absolute atomic E-state index is 0.0334. The Balaban J connectivity index is 4.03. The van der Waals surface area contributed by atoms with Gasteiger partial charge < -0.3 is 20.5 Å². The van der Waals surface area contributed by atoms with Crippen LogP contribution in [0.15, 0.2) is 0 Å². The highest BCUT2D eigenvalue weighted by atomic mass is 16.4. The van der Waals surface area contributed by atoms with Crippen molar-refractivity contribution in [2.75, 3.05) is 6.54 Å². The fraction of sp³-hybridized carbons (Fsp3) is 0.500. The van der Waals surface area contributed by atoms with E-state index in [9.17, 15) is 19.2 Å². The Hall–Kier alpha value is -1.92. The Bertz CT molecular complexity index is 253. The largest absolute Gasteiger partial charge is 0.480 e. The zero-order chi connectivity index (χ0) is 11.7. The first-order valence-electron chi connectivity index (χ1n) is 4.24. The smallest absolute Gasteiger partial charge is 0.326 e. The molecule has 0 heterocycles. The van der Waals surface area contributed by atoms with E-state index in [4.69, 9.17) is 5.11 Å². The maximum absolute atomic E-state index is 11.0. The monoisotopic (exact) mass is 216 g/mol. The summed E-state index contributed by atoms with van der Waals surface area (Å²) in [4.78, 5) is 41.5. The Morgan fingerprint density at radius 2 is 2.00 bits per heavy atom. The highest BCUT2D eigenvalue weighted by molar-refractivity contribution is 5.85. The molecule has 1 atom stereocenters. The van der Waals surface area contributed by atoms with Crippen LogP contribution in [0.2, 0.25) is 0 Å². The molecule has 3 N–H and O–H groups in total. The van der Waals surface area contributed by atoms with Crippen LogP contribution in [-0.2, 0) is 19.2 Å². The van der Waals surface area contributed by atoms with E-state index < -0.39 is 17.9 Å². The van der Waals surface area contributed by atoms with E-state index >= 15 is 0 Å². The van der Waals surface area contributed by atoms with Gasteiger partial charge in [0.2, 0.25) is 12.3 Å². The van der Waals surface area contributed by atoms with Gasteiger partial charge in [-0.1, -0.05) is 0 Å². The third-order valence-electron chi connectivity index (χ3n) is 1.55. The van der Waals surface area contributed by atoms with Gasteiger partial charge in [-0.3, -0.25) is 9.59 Å². The number of aliphatic carboxylic acids is 1. The number of carbonyl (C=O) groups is 4. The summed E-state index contributed by atoms with van der Waals surface area (Å²) < 4.78 is 0. The molecule has 0 aromatic carbocycles. The Morgan fingerprint density at radius 1 is 1.33 bits per heavy atom. The van der Waals surface area contributed by atoms with Gasteiger partial charge in [-0.25, -0.2) is 4.79 Å². The van der Waals surface area contributed by atoms with Crippen molar-refractivity contribution in [2.45, 2.75) is 18.9 Å². The topological polar surface area (TPSA) is 113 Å². The Morgan fingerprint density at radius 3 is 2.47 bits per heavy atom. The predicted octanol–water partition coefficient (Wildman–Crippen LogP) is -1.72. The molecule has 0 aliphatic rings. The van der Waals surface area contributed by atoms with E-state index in [2.05, 4.69) is 10.6 Å². The van der Waals surface area contributed by atoms with E-state index in [1.54, 1.807) is 0 Å². The quantitative estimate of drug-likeness (QED) is 0.418. The minimum atomic E-state index is -1.21. The van der Waals surface area contributed by atoms with Crippen molar-refractivity contribution >= 4 is 24.6 Å². The average Bonchev–Trinajstić information content (AvgIpc) is 2.20. The standard InChI is InChI=1S/C8H12N2O5/c11-3-1-2-6(8(14)15)10-7(13)4-9-5-12/h3,5-6H,1-2,4H2,(H,9,12)(H,10,13)(H,14,15). The van der Waals surface area contributed by atoms with Crippen molar-refractivity contribution < 1.29 is 24.3 Å². The number of nitrogens with one attached hydrogen (secondary N) is 2. The lowest BCUT2D eigenvalue weighted by molar-refractivity contribution is -0.141. The molecule has 0 saturated heterocycles.